The zero-order valence-corrected chi connectivity index (χ0v) is 14.7. The molecule has 0 aliphatic heterocycles. The molecule has 21 heavy (non-hydrogen) atoms. The van der Waals surface area contributed by atoms with E-state index < -0.39 is 0 Å². The molecule has 5 heteroatoms. The van der Waals surface area contributed by atoms with Crippen LogP contribution >= 0.6 is 0 Å². The predicted molar refractivity (Wildman–Crippen MR) is 88.5 cm³/mol. The average molecular weight is 295 g/mol. The van der Waals surface area contributed by atoms with Crippen LogP contribution in [0.1, 0.15) is 53.8 Å². The van der Waals surface area contributed by atoms with Gasteiger partial charge in [0.2, 0.25) is 0 Å². The van der Waals surface area contributed by atoms with Crippen LogP contribution in [0, 0.1) is 0 Å². The van der Waals surface area contributed by atoms with Crippen LogP contribution in [0.2, 0.25) is 0 Å². The van der Waals surface area contributed by atoms with Crippen LogP contribution in [0.3, 0.4) is 0 Å². The van der Waals surface area contributed by atoms with E-state index in [1.165, 1.54) is 0 Å². The zero-order valence-electron chi connectivity index (χ0n) is 14.7. The second-order valence-electron chi connectivity index (χ2n) is 6.04. The van der Waals surface area contributed by atoms with Crippen LogP contribution in [-0.4, -0.2) is 50.9 Å². The van der Waals surface area contributed by atoms with Crippen LogP contribution in [-0.2, 0) is 13.0 Å². The Labute approximate surface area is 130 Å². The third kappa shape index (κ3) is 4.51. The molecule has 122 valence electrons. The molecule has 0 saturated heterocycles. The van der Waals surface area contributed by atoms with Gasteiger partial charge in [-0.15, -0.1) is 0 Å². The predicted octanol–water partition coefficient (Wildman–Crippen LogP) is 2.33. The highest BCUT2D eigenvalue weighted by atomic mass is 15.3. The van der Waals surface area contributed by atoms with Crippen molar-refractivity contribution < 1.29 is 0 Å². The molecule has 0 fully saturated rings. The fourth-order valence-electron chi connectivity index (χ4n) is 3.10. The number of rotatable bonds is 10. The summed E-state index contributed by atoms with van der Waals surface area (Å²) >= 11 is 0. The van der Waals surface area contributed by atoms with Gasteiger partial charge in [0.15, 0.2) is 0 Å². The molecule has 1 rings (SSSR count). The van der Waals surface area contributed by atoms with Crippen molar-refractivity contribution in [3.8, 4) is 0 Å². The second kappa shape index (κ2) is 8.49. The molecule has 1 atom stereocenters. The normalized spacial score (nSPS) is 13.9. The maximum Gasteiger partial charge on any atom is 0.138 e. The third-order valence-corrected chi connectivity index (χ3v) is 4.40. The molecule has 0 bridgehead atoms. The van der Waals surface area contributed by atoms with Crippen LogP contribution in [0.5, 0.6) is 0 Å². The van der Waals surface area contributed by atoms with Crippen LogP contribution < -0.4 is 5.32 Å². The molecule has 0 spiro atoms. The van der Waals surface area contributed by atoms with E-state index in [2.05, 4.69) is 61.8 Å². The van der Waals surface area contributed by atoms with E-state index in [-0.39, 0.29) is 5.54 Å². The van der Waals surface area contributed by atoms with Gasteiger partial charge in [-0.2, -0.15) is 5.10 Å². The minimum absolute atomic E-state index is 0.0858. The molecule has 0 aromatic carbocycles. The molecule has 0 amide bonds. The first-order valence-electron chi connectivity index (χ1n) is 8.36. The topological polar surface area (TPSA) is 46.0 Å². The van der Waals surface area contributed by atoms with Crippen LogP contribution in [0.15, 0.2) is 6.33 Å². The molecule has 0 saturated carbocycles. The standard InChI is InChI=1S/C16H33N5/c1-7-11-21-15(18-13-19-21)12-14(17-8-2)16(5,6)20(9-3)10-4/h13-14,17H,7-12H2,1-6H3. The van der Waals surface area contributed by atoms with E-state index in [9.17, 15) is 0 Å². The first-order chi connectivity index (χ1) is 10.0. The van der Waals surface area contributed by atoms with Gasteiger partial charge in [0, 0.05) is 24.5 Å². The Morgan fingerprint density at radius 1 is 1.24 bits per heavy atom. The maximum absolute atomic E-state index is 4.47. The number of likely N-dealkylation sites (N-methyl/N-ethyl adjacent to an activating group) is 2. The van der Waals surface area contributed by atoms with Gasteiger partial charge in [0.25, 0.3) is 0 Å². The summed E-state index contributed by atoms with van der Waals surface area (Å²) in [5.41, 5.74) is 0.0858. The first-order valence-corrected chi connectivity index (χ1v) is 8.36. The summed E-state index contributed by atoms with van der Waals surface area (Å²) in [5.74, 6) is 1.09. The molecule has 1 aromatic heterocycles. The first kappa shape index (κ1) is 18.1. The second-order valence-corrected chi connectivity index (χ2v) is 6.04. The highest BCUT2D eigenvalue weighted by Gasteiger charge is 2.34. The smallest absolute Gasteiger partial charge is 0.138 e. The molecular weight excluding hydrogens is 262 g/mol. The van der Waals surface area contributed by atoms with E-state index in [1.807, 2.05) is 4.68 Å². The number of hydrogen-bond acceptors (Lipinski definition) is 4. The summed E-state index contributed by atoms with van der Waals surface area (Å²) < 4.78 is 2.04. The Morgan fingerprint density at radius 2 is 1.90 bits per heavy atom. The van der Waals surface area contributed by atoms with Crippen molar-refractivity contribution in [2.24, 2.45) is 0 Å². The van der Waals surface area contributed by atoms with Gasteiger partial charge >= 0.3 is 0 Å². The highest BCUT2D eigenvalue weighted by Crippen LogP contribution is 2.21. The van der Waals surface area contributed by atoms with Crippen molar-refractivity contribution in [1.29, 1.82) is 0 Å². The molecule has 1 heterocycles. The Morgan fingerprint density at radius 3 is 2.43 bits per heavy atom. The molecule has 1 N–H and O–H groups in total. The molecule has 5 nitrogen and oxygen atoms in total. The number of hydrogen-bond donors (Lipinski definition) is 1. The SMILES string of the molecule is CCCn1ncnc1CC(NCC)C(C)(C)N(CC)CC. The Hall–Kier alpha value is -0.940. The number of nitrogens with zero attached hydrogens (tertiary/aromatic N) is 4. The number of nitrogens with one attached hydrogen (secondary N) is 1. The molecule has 0 aliphatic carbocycles. The maximum atomic E-state index is 4.47. The van der Waals surface area contributed by atoms with Gasteiger partial charge in [0.1, 0.15) is 12.2 Å². The molecule has 0 aliphatic rings. The van der Waals surface area contributed by atoms with Gasteiger partial charge < -0.3 is 5.32 Å². The van der Waals surface area contributed by atoms with Gasteiger partial charge in [-0.25, -0.2) is 4.98 Å². The fourth-order valence-corrected chi connectivity index (χ4v) is 3.10. The molecular formula is C16H33N5. The number of aromatic nitrogens is 3. The van der Waals surface area contributed by atoms with E-state index >= 15 is 0 Å². The Bertz CT molecular complexity index is 395. The summed E-state index contributed by atoms with van der Waals surface area (Å²) in [6.45, 7) is 17.5. The van der Waals surface area contributed by atoms with Gasteiger partial charge in [0.05, 0.1) is 0 Å². The molecule has 1 aromatic rings. The third-order valence-electron chi connectivity index (χ3n) is 4.40. The summed E-state index contributed by atoms with van der Waals surface area (Å²) in [7, 11) is 0. The average Bonchev–Trinajstić information content (AvgIpc) is 2.87. The summed E-state index contributed by atoms with van der Waals surface area (Å²) in [6, 6.07) is 0.363. The lowest BCUT2D eigenvalue weighted by molar-refractivity contribution is 0.0905. The monoisotopic (exact) mass is 295 g/mol. The van der Waals surface area contributed by atoms with Gasteiger partial charge in [-0.3, -0.25) is 9.58 Å². The van der Waals surface area contributed by atoms with Crippen LogP contribution in [0.4, 0.5) is 0 Å². The zero-order chi connectivity index (χ0) is 15.9. The fraction of sp³-hybridized carbons (Fsp3) is 0.875. The van der Waals surface area contributed by atoms with Gasteiger partial charge in [-0.05, 0) is 39.9 Å². The van der Waals surface area contributed by atoms with E-state index in [0.717, 1.165) is 44.8 Å². The van der Waals surface area contributed by atoms with Crippen LogP contribution in [0.25, 0.3) is 0 Å². The minimum atomic E-state index is 0.0858. The van der Waals surface area contributed by atoms with E-state index in [1.54, 1.807) is 6.33 Å². The summed E-state index contributed by atoms with van der Waals surface area (Å²) in [5, 5.41) is 8.01. The lowest BCUT2D eigenvalue weighted by Crippen LogP contribution is -2.58. The van der Waals surface area contributed by atoms with Crippen molar-refractivity contribution in [3.63, 3.8) is 0 Å². The van der Waals surface area contributed by atoms with Crippen molar-refractivity contribution >= 4 is 0 Å². The Kier molecular flexibility index (Phi) is 7.32. The quantitative estimate of drug-likeness (QED) is 0.719. The molecule has 1 unspecified atom stereocenters. The largest absolute Gasteiger partial charge is 0.312 e. The van der Waals surface area contributed by atoms with Crippen molar-refractivity contribution in [2.45, 2.75) is 72.5 Å². The lowest BCUT2D eigenvalue weighted by Gasteiger charge is -2.43. The number of aryl methyl sites for hydroxylation is 1. The van der Waals surface area contributed by atoms with Crippen molar-refractivity contribution in [1.82, 2.24) is 25.0 Å². The van der Waals surface area contributed by atoms with Crippen molar-refractivity contribution in [2.75, 3.05) is 19.6 Å². The Balaban J connectivity index is 2.92. The van der Waals surface area contributed by atoms with E-state index in [0.29, 0.717) is 6.04 Å². The lowest BCUT2D eigenvalue weighted by atomic mass is 9.89. The van der Waals surface area contributed by atoms with E-state index in [4.69, 9.17) is 0 Å². The summed E-state index contributed by atoms with van der Waals surface area (Å²) in [6.07, 6.45) is 3.68. The van der Waals surface area contributed by atoms with Crippen molar-refractivity contribution in [3.05, 3.63) is 12.2 Å². The summed E-state index contributed by atoms with van der Waals surface area (Å²) in [4.78, 5) is 6.99. The minimum Gasteiger partial charge on any atom is -0.312 e. The molecule has 0 radical (unpaired) electrons. The highest BCUT2D eigenvalue weighted by molar-refractivity contribution is 5.00. The van der Waals surface area contributed by atoms with Gasteiger partial charge in [-0.1, -0.05) is 27.7 Å².